The van der Waals surface area contributed by atoms with Gasteiger partial charge in [0, 0.05) is 24.5 Å². The molecule has 0 bridgehead atoms. The molecular weight excluding hydrogens is 338 g/mol. The molecule has 1 saturated heterocycles. The van der Waals surface area contributed by atoms with Crippen LogP contribution in [0.4, 0.5) is 0 Å². The number of likely N-dealkylation sites (tertiary alicyclic amines) is 1. The second-order valence-corrected chi connectivity index (χ2v) is 7.74. The summed E-state index contributed by atoms with van der Waals surface area (Å²) in [6.45, 7) is 6.24. The number of hydrogen-bond acceptors (Lipinski definition) is 7. The van der Waals surface area contributed by atoms with E-state index < -0.39 is 0 Å². The molecule has 0 saturated carbocycles. The van der Waals surface area contributed by atoms with Crippen LogP contribution in [0.2, 0.25) is 0 Å². The minimum Gasteiger partial charge on any atom is -0.461 e. The van der Waals surface area contributed by atoms with E-state index in [4.69, 9.17) is 9.15 Å². The molecule has 8 heteroatoms. The third-order valence-electron chi connectivity index (χ3n) is 5.13. The Labute approximate surface area is 149 Å². The highest BCUT2D eigenvalue weighted by molar-refractivity contribution is 7.09. The Morgan fingerprint density at radius 3 is 3.08 bits per heavy atom. The molecule has 5 rings (SSSR count). The Morgan fingerprint density at radius 1 is 1.32 bits per heavy atom. The normalized spacial score (nSPS) is 23.4. The Kier molecular flexibility index (Phi) is 3.51. The lowest BCUT2D eigenvalue weighted by Gasteiger charge is -2.34. The zero-order valence-corrected chi connectivity index (χ0v) is 14.8. The van der Waals surface area contributed by atoms with Gasteiger partial charge in [-0.1, -0.05) is 0 Å². The van der Waals surface area contributed by atoms with Crippen molar-refractivity contribution in [2.45, 2.75) is 38.6 Å². The van der Waals surface area contributed by atoms with Crippen LogP contribution in [0.25, 0.3) is 11.6 Å². The molecule has 0 N–H and O–H groups in total. The molecule has 1 atom stereocenters. The monoisotopic (exact) mass is 357 g/mol. The quantitative estimate of drug-likeness (QED) is 0.717. The van der Waals surface area contributed by atoms with Gasteiger partial charge >= 0.3 is 0 Å². The van der Waals surface area contributed by atoms with Gasteiger partial charge in [-0.2, -0.15) is 0 Å². The van der Waals surface area contributed by atoms with Crippen molar-refractivity contribution in [2.24, 2.45) is 0 Å². The lowest BCUT2D eigenvalue weighted by atomic mass is 10.0. The van der Waals surface area contributed by atoms with E-state index in [0.717, 1.165) is 55.7 Å². The van der Waals surface area contributed by atoms with Crippen LogP contribution in [0.3, 0.4) is 0 Å². The fourth-order valence-corrected chi connectivity index (χ4v) is 4.56. The number of aromatic nitrogens is 4. The second kappa shape index (κ2) is 5.76. The van der Waals surface area contributed by atoms with Crippen molar-refractivity contribution in [1.82, 2.24) is 24.6 Å². The van der Waals surface area contributed by atoms with Crippen molar-refractivity contribution in [3.8, 4) is 11.6 Å². The highest BCUT2D eigenvalue weighted by Crippen LogP contribution is 2.35. The Hall–Kier alpha value is -2.03. The molecule has 2 aliphatic rings. The van der Waals surface area contributed by atoms with Gasteiger partial charge in [0.15, 0.2) is 17.4 Å². The molecular formula is C17H19N5O2S. The van der Waals surface area contributed by atoms with Gasteiger partial charge in [0.05, 0.1) is 24.0 Å². The lowest BCUT2D eigenvalue weighted by Crippen LogP contribution is -2.44. The first-order valence-electron chi connectivity index (χ1n) is 8.44. The summed E-state index contributed by atoms with van der Waals surface area (Å²) in [5.74, 6) is 2.42. The van der Waals surface area contributed by atoms with E-state index in [1.54, 1.807) is 17.6 Å². The van der Waals surface area contributed by atoms with E-state index >= 15 is 0 Å². The SMILES string of the molecule is Cc1ncsc1CN1CCC2(C1)Cn1c(nnc1-c1ccco1)CO2. The Balaban J connectivity index is 1.37. The van der Waals surface area contributed by atoms with Gasteiger partial charge in [0.25, 0.3) is 0 Å². The fraction of sp³-hybridized carbons (Fsp3) is 0.471. The molecule has 1 fully saturated rings. The molecule has 3 aromatic rings. The number of hydrogen-bond donors (Lipinski definition) is 0. The van der Waals surface area contributed by atoms with E-state index in [1.165, 1.54) is 4.88 Å². The summed E-state index contributed by atoms with van der Waals surface area (Å²) in [6.07, 6.45) is 2.68. The molecule has 2 aliphatic heterocycles. The zero-order valence-electron chi connectivity index (χ0n) is 14.0. The van der Waals surface area contributed by atoms with E-state index in [0.29, 0.717) is 6.61 Å². The summed E-state index contributed by atoms with van der Waals surface area (Å²) in [5.41, 5.74) is 2.89. The third-order valence-corrected chi connectivity index (χ3v) is 6.05. The minimum atomic E-state index is -0.171. The first-order chi connectivity index (χ1) is 12.2. The number of fused-ring (bicyclic) bond motifs is 1. The molecule has 25 heavy (non-hydrogen) atoms. The maximum atomic E-state index is 6.26. The first kappa shape index (κ1) is 15.2. The van der Waals surface area contributed by atoms with Gasteiger partial charge in [-0.3, -0.25) is 4.90 Å². The number of rotatable bonds is 3. The van der Waals surface area contributed by atoms with E-state index in [9.17, 15) is 0 Å². The topological polar surface area (TPSA) is 69.2 Å². The van der Waals surface area contributed by atoms with Crippen LogP contribution in [-0.2, 0) is 24.4 Å². The van der Waals surface area contributed by atoms with Gasteiger partial charge in [-0.25, -0.2) is 4.98 Å². The summed E-state index contributed by atoms with van der Waals surface area (Å²) >= 11 is 1.73. The minimum absolute atomic E-state index is 0.171. The highest BCUT2D eigenvalue weighted by atomic mass is 32.1. The summed E-state index contributed by atoms with van der Waals surface area (Å²) in [6, 6.07) is 3.80. The van der Waals surface area contributed by atoms with Crippen LogP contribution in [0.5, 0.6) is 0 Å². The van der Waals surface area contributed by atoms with Crippen molar-refractivity contribution < 1.29 is 9.15 Å². The van der Waals surface area contributed by atoms with Crippen LogP contribution in [0, 0.1) is 6.92 Å². The summed E-state index contributed by atoms with van der Waals surface area (Å²) < 4.78 is 13.9. The van der Waals surface area contributed by atoms with E-state index in [1.807, 2.05) is 17.6 Å². The maximum absolute atomic E-state index is 6.26. The maximum Gasteiger partial charge on any atom is 0.199 e. The van der Waals surface area contributed by atoms with Crippen LogP contribution in [0.15, 0.2) is 28.3 Å². The summed E-state index contributed by atoms with van der Waals surface area (Å²) in [4.78, 5) is 8.16. The van der Waals surface area contributed by atoms with Crippen molar-refractivity contribution in [2.75, 3.05) is 13.1 Å². The van der Waals surface area contributed by atoms with Gasteiger partial charge < -0.3 is 13.7 Å². The van der Waals surface area contributed by atoms with Gasteiger partial charge in [-0.15, -0.1) is 21.5 Å². The summed E-state index contributed by atoms with van der Waals surface area (Å²) in [7, 11) is 0. The molecule has 7 nitrogen and oxygen atoms in total. The largest absolute Gasteiger partial charge is 0.461 e. The van der Waals surface area contributed by atoms with Crippen molar-refractivity contribution in [3.63, 3.8) is 0 Å². The molecule has 0 radical (unpaired) electrons. The Bertz CT molecular complexity index is 887. The predicted octanol–water partition coefficient (Wildman–Crippen LogP) is 2.48. The van der Waals surface area contributed by atoms with Gasteiger partial charge in [0.1, 0.15) is 12.2 Å². The molecule has 1 spiro atoms. The van der Waals surface area contributed by atoms with Crippen LogP contribution in [-0.4, -0.2) is 43.3 Å². The van der Waals surface area contributed by atoms with Crippen LogP contribution in [0.1, 0.15) is 22.8 Å². The molecule has 0 aromatic carbocycles. The lowest BCUT2D eigenvalue weighted by molar-refractivity contribution is -0.0821. The molecule has 0 aliphatic carbocycles. The standard InChI is InChI=1S/C17H19N5O2S/c1-12-14(25-11-18-12)7-21-5-4-17(9-21)10-22-15(8-24-17)19-20-16(22)13-3-2-6-23-13/h2-3,6,11H,4-5,7-10H2,1H3. The predicted molar refractivity (Wildman–Crippen MR) is 92.0 cm³/mol. The third kappa shape index (κ3) is 2.61. The molecule has 130 valence electrons. The molecule has 3 aromatic heterocycles. The van der Waals surface area contributed by atoms with Crippen LogP contribution >= 0.6 is 11.3 Å². The zero-order chi connectivity index (χ0) is 16.9. The number of thiazole rings is 1. The van der Waals surface area contributed by atoms with Crippen LogP contribution < -0.4 is 0 Å². The average Bonchev–Trinajstić information content (AvgIpc) is 3.37. The van der Waals surface area contributed by atoms with Gasteiger partial charge in [-0.05, 0) is 25.5 Å². The Morgan fingerprint density at radius 2 is 2.28 bits per heavy atom. The second-order valence-electron chi connectivity index (χ2n) is 6.80. The molecule has 1 unspecified atom stereocenters. The average molecular weight is 357 g/mol. The van der Waals surface area contributed by atoms with Crippen molar-refractivity contribution in [1.29, 1.82) is 0 Å². The first-order valence-corrected chi connectivity index (χ1v) is 9.32. The number of furan rings is 1. The fourth-order valence-electron chi connectivity index (χ4n) is 3.74. The highest BCUT2D eigenvalue weighted by Gasteiger charge is 2.43. The number of nitrogens with zero attached hydrogens (tertiary/aromatic N) is 5. The smallest absolute Gasteiger partial charge is 0.199 e. The summed E-state index contributed by atoms with van der Waals surface area (Å²) in [5, 5.41) is 8.57. The molecule has 0 amide bonds. The van der Waals surface area contributed by atoms with Crippen molar-refractivity contribution in [3.05, 3.63) is 40.3 Å². The van der Waals surface area contributed by atoms with E-state index in [2.05, 4.69) is 31.6 Å². The van der Waals surface area contributed by atoms with E-state index in [-0.39, 0.29) is 5.60 Å². The number of aryl methyl sites for hydroxylation is 1. The molecule has 5 heterocycles. The van der Waals surface area contributed by atoms with Crippen molar-refractivity contribution >= 4 is 11.3 Å². The van der Waals surface area contributed by atoms with Gasteiger partial charge in [0.2, 0.25) is 0 Å². The number of ether oxygens (including phenoxy) is 1.